The lowest BCUT2D eigenvalue weighted by atomic mass is 10.0. The molecule has 0 radical (unpaired) electrons. The van der Waals surface area contributed by atoms with Gasteiger partial charge in [0.05, 0.1) is 11.6 Å². The maximum absolute atomic E-state index is 12.3. The van der Waals surface area contributed by atoms with Crippen molar-refractivity contribution in [1.29, 1.82) is 0 Å². The molecule has 0 aromatic heterocycles. The number of benzene rings is 1. The van der Waals surface area contributed by atoms with Gasteiger partial charge in [-0.2, -0.15) is 0 Å². The van der Waals surface area contributed by atoms with Crippen LogP contribution in [0.25, 0.3) is 0 Å². The van der Waals surface area contributed by atoms with Gasteiger partial charge < -0.3 is 15.8 Å². The molecular weight excluding hydrogens is 276 g/mol. The van der Waals surface area contributed by atoms with Crippen molar-refractivity contribution in [2.45, 2.75) is 43.4 Å². The molecule has 0 unspecified atom stereocenters. The molecule has 3 rings (SSSR count). The average molecular weight is 295 g/mol. The Hall–Kier alpha value is -1.10. The molecule has 1 heterocycles. The van der Waals surface area contributed by atoms with Crippen LogP contribution in [0, 0.1) is 0 Å². The van der Waals surface area contributed by atoms with E-state index in [0.717, 1.165) is 31.2 Å². The highest BCUT2D eigenvalue weighted by molar-refractivity contribution is 6.30. The summed E-state index contributed by atoms with van der Waals surface area (Å²) in [6, 6.07) is 7.68. The molecule has 1 saturated heterocycles. The molecule has 108 valence electrons. The van der Waals surface area contributed by atoms with Gasteiger partial charge >= 0.3 is 0 Å². The first-order valence-corrected chi connectivity index (χ1v) is 7.44. The maximum Gasteiger partial charge on any atom is 0.249 e. The van der Waals surface area contributed by atoms with Crippen molar-refractivity contribution in [2.24, 2.45) is 5.73 Å². The van der Waals surface area contributed by atoms with E-state index >= 15 is 0 Å². The van der Waals surface area contributed by atoms with Crippen LogP contribution in [0.5, 0.6) is 0 Å². The predicted octanol–water partition coefficient (Wildman–Crippen LogP) is 1.95. The number of ether oxygens (including phenoxy) is 1. The lowest BCUT2D eigenvalue weighted by Crippen LogP contribution is -2.41. The van der Waals surface area contributed by atoms with E-state index in [9.17, 15) is 4.79 Å². The largest absolute Gasteiger partial charge is 0.364 e. The van der Waals surface area contributed by atoms with Gasteiger partial charge in [0.15, 0.2) is 0 Å². The molecule has 1 aromatic carbocycles. The van der Waals surface area contributed by atoms with Crippen LogP contribution in [0.1, 0.15) is 31.2 Å². The second-order valence-corrected chi connectivity index (χ2v) is 6.07. The number of hydrogen-bond donors (Lipinski definition) is 2. The molecule has 2 aliphatic rings. The molecule has 5 heteroatoms. The fraction of sp³-hybridized carbons (Fsp3) is 0.533. The summed E-state index contributed by atoms with van der Waals surface area (Å²) in [5, 5.41) is 3.85. The molecule has 1 aliphatic heterocycles. The summed E-state index contributed by atoms with van der Waals surface area (Å²) in [4.78, 5) is 12.3. The van der Waals surface area contributed by atoms with Crippen molar-refractivity contribution >= 4 is 17.5 Å². The summed E-state index contributed by atoms with van der Waals surface area (Å²) in [6.07, 6.45) is 3.22. The molecule has 1 amide bonds. The summed E-state index contributed by atoms with van der Waals surface area (Å²) >= 11 is 5.90. The van der Waals surface area contributed by atoms with Gasteiger partial charge in [-0.1, -0.05) is 23.7 Å². The van der Waals surface area contributed by atoms with Crippen LogP contribution in [0.15, 0.2) is 24.3 Å². The van der Waals surface area contributed by atoms with E-state index in [4.69, 9.17) is 22.1 Å². The molecule has 2 atom stereocenters. The fourth-order valence-electron chi connectivity index (χ4n) is 2.77. The zero-order chi connectivity index (χ0) is 14.2. The van der Waals surface area contributed by atoms with Crippen LogP contribution in [0.3, 0.4) is 0 Å². The average Bonchev–Trinajstić information content (AvgIpc) is 3.06. The number of carbonyl (C=O) groups excluding carboxylic acids is 1. The summed E-state index contributed by atoms with van der Waals surface area (Å²) in [5.41, 5.74) is 6.47. The van der Waals surface area contributed by atoms with Gasteiger partial charge in [0.25, 0.3) is 0 Å². The van der Waals surface area contributed by atoms with E-state index < -0.39 is 0 Å². The van der Waals surface area contributed by atoms with E-state index in [0.29, 0.717) is 11.6 Å². The standard InChI is InChI=1S/C15H19ClN2O2/c16-11-3-1-10(2-4-11)15(7-8-15)18-14(19)13-6-5-12(9-17)20-13/h1-4,12-13H,5-9,17H2,(H,18,19)/t12-,13+/m1/s1. The first-order chi connectivity index (χ1) is 9.63. The minimum atomic E-state index is -0.353. The Balaban J connectivity index is 1.65. The molecule has 1 aromatic rings. The van der Waals surface area contributed by atoms with Crippen LogP contribution < -0.4 is 11.1 Å². The highest BCUT2D eigenvalue weighted by atomic mass is 35.5. The minimum absolute atomic E-state index is 0.0200. The SMILES string of the molecule is NC[C@H]1CC[C@@H](C(=O)NC2(c3ccc(Cl)cc3)CC2)O1. The second kappa shape index (κ2) is 5.35. The number of halogens is 1. The number of carbonyl (C=O) groups is 1. The summed E-state index contributed by atoms with van der Waals surface area (Å²) < 4.78 is 5.64. The van der Waals surface area contributed by atoms with Crippen LogP contribution in [0.2, 0.25) is 5.02 Å². The quantitative estimate of drug-likeness (QED) is 0.892. The topological polar surface area (TPSA) is 64.4 Å². The zero-order valence-corrected chi connectivity index (χ0v) is 12.0. The zero-order valence-electron chi connectivity index (χ0n) is 11.3. The van der Waals surface area contributed by atoms with Gasteiger partial charge in [0.1, 0.15) is 6.10 Å². The molecular formula is C15H19ClN2O2. The third-order valence-electron chi connectivity index (χ3n) is 4.17. The predicted molar refractivity (Wildman–Crippen MR) is 77.5 cm³/mol. The normalized spacial score (nSPS) is 27.3. The molecule has 0 spiro atoms. The smallest absolute Gasteiger partial charge is 0.249 e. The van der Waals surface area contributed by atoms with E-state index in [1.165, 1.54) is 0 Å². The van der Waals surface area contributed by atoms with Crippen LogP contribution >= 0.6 is 11.6 Å². The molecule has 1 saturated carbocycles. The lowest BCUT2D eigenvalue weighted by molar-refractivity contribution is -0.132. The van der Waals surface area contributed by atoms with Crippen LogP contribution in [-0.2, 0) is 15.1 Å². The molecule has 0 bridgehead atoms. The third kappa shape index (κ3) is 2.68. The van der Waals surface area contributed by atoms with Crippen LogP contribution in [-0.4, -0.2) is 24.7 Å². The van der Waals surface area contributed by atoms with Crippen molar-refractivity contribution in [3.05, 3.63) is 34.9 Å². The van der Waals surface area contributed by atoms with Crippen molar-refractivity contribution in [1.82, 2.24) is 5.32 Å². The summed E-state index contributed by atoms with van der Waals surface area (Å²) in [5.74, 6) is -0.0200. The van der Waals surface area contributed by atoms with Gasteiger partial charge in [-0.15, -0.1) is 0 Å². The maximum atomic E-state index is 12.3. The molecule has 3 N–H and O–H groups in total. The van der Waals surface area contributed by atoms with E-state index in [1.807, 2.05) is 24.3 Å². The van der Waals surface area contributed by atoms with Crippen molar-refractivity contribution in [2.75, 3.05) is 6.54 Å². The Morgan fingerprint density at radius 3 is 2.60 bits per heavy atom. The van der Waals surface area contributed by atoms with Crippen LogP contribution in [0.4, 0.5) is 0 Å². The Bertz CT molecular complexity index is 499. The highest BCUT2D eigenvalue weighted by Crippen LogP contribution is 2.46. The van der Waals surface area contributed by atoms with E-state index in [2.05, 4.69) is 5.32 Å². The fourth-order valence-corrected chi connectivity index (χ4v) is 2.89. The highest BCUT2D eigenvalue weighted by Gasteiger charge is 2.47. The molecule has 20 heavy (non-hydrogen) atoms. The first kappa shape index (κ1) is 13.9. The van der Waals surface area contributed by atoms with Crippen molar-refractivity contribution in [3.8, 4) is 0 Å². The van der Waals surface area contributed by atoms with E-state index in [-0.39, 0.29) is 23.7 Å². The molecule has 4 nitrogen and oxygen atoms in total. The second-order valence-electron chi connectivity index (χ2n) is 5.64. The molecule has 1 aliphatic carbocycles. The van der Waals surface area contributed by atoms with Gasteiger partial charge in [-0.25, -0.2) is 0 Å². The minimum Gasteiger partial charge on any atom is -0.364 e. The van der Waals surface area contributed by atoms with Crippen molar-refractivity contribution in [3.63, 3.8) is 0 Å². The number of nitrogens with two attached hydrogens (primary N) is 1. The number of nitrogens with one attached hydrogen (secondary N) is 1. The number of hydrogen-bond acceptors (Lipinski definition) is 3. The Morgan fingerprint density at radius 1 is 1.35 bits per heavy atom. The number of amides is 1. The van der Waals surface area contributed by atoms with Gasteiger partial charge in [-0.3, -0.25) is 4.79 Å². The Labute approximate surface area is 123 Å². The van der Waals surface area contributed by atoms with Gasteiger partial charge in [0.2, 0.25) is 5.91 Å². The Morgan fingerprint density at radius 2 is 2.05 bits per heavy atom. The van der Waals surface area contributed by atoms with Gasteiger partial charge in [-0.05, 0) is 43.4 Å². The lowest BCUT2D eigenvalue weighted by Gasteiger charge is -2.21. The van der Waals surface area contributed by atoms with E-state index in [1.54, 1.807) is 0 Å². The number of rotatable bonds is 4. The van der Waals surface area contributed by atoms with Gasteiger partial charge in [0, 0.05) is 11.6 Å². The first-order valence-electron chi connectivity index (χ1n) is 7.06. The summed E-state index contributed by atoms with van der Waals surface area (Å²) in [7, 11) is 0. The molecule has 2 fully saturated rings. The monoisotopic (exact) mass is 294 g/mol. The van der Waals surface area contributed by atoms with Crippen molar-refractivity contribution < 1.29 is 9.53 Å². The summed E-state index contributed by atoms with van der Waals surface area (Å²) in [6.45, 7) is 0.478. The Kier molecular flexibility index (Phi) is 3.71. The third-order valence-corrected chi connectivity index (χ3v) is 4.42.